The zero-order chi connectivity index (χ0) is 13.0. The molecule has 0 unspecified atom stereocenters. The predicted octanol–water partition coefficient (Wildman–Crippen LogP) is 2.86. The Bertz CT molecular complexity index is 551. The smallest absolute Gasteiger partial charge is 0.147 e. The normalized spacial score (nSPS) is 10.3. The first kappa shape index (κ1) is 12.7. The van der Waals surface area contributed by atoms with E-state index in [2.05, 4.69) is 16.7 Å². The number of hydrogen-bond donors (Lipinski definition) is 0. The van der Waals surface area contributed by atoms with Gasteiger partial charge in [-0.2, -0.15) is 5.10 Å². The minimum atomic E-state index is 0.471. The molecule has 0 radical (unpaired) electrons. The van der Waals surface area contributed by atoms with Crippen molar-refractivity contribution in [3.63, 3.8) is 0 Å². The molecule has 0 aliphatic carbocycles. The fourth-order valence-corrected chi connectivity index (χ4v) is 1.97. The lowest BCUT2D eigenvalue weighted by molar-refractivity contribution is 0.360. The van der Waals surface area contributed by atoms with E-state index in [-0.39, 0.29) is 0 Å². The van der Waals surface area contributed by atoms with Gasteiger partial charge in [0.15, 0.2) is 0 Å². The van der Waals surface area contributed by atoms with Gasteiger partial charge in [-0.05, 0) is 31.4 Å². The van der Waals surface area contributed by atoms with Gasteiger partial charge in [0, 0.05) is 4.90 Å². The summed E-state index contributed by atoms with van der Waals surface area (Å²) in [6.45, 7) is 5.99. The zero-order valence-electron chi connectivity index (χ0n) is 10.5. The Morgan fingerprint density at radius 3 is 2.94 bits per heavy atom. The molecule has 0 saturated carbocycles. The Kier molecular flexibility index (Phi) is 4.04. The molecule has 0 fully saturated rings. The molecule has 1 aromatic heterocycles. The standard InChI is InChI=1S/C13H15N3OS/c1-4-7-17-13-8-11(18-3)5-6-12(13)16-9-14-10(2)15-16/h4-6,8-9H,1,7H2,2-3H3. The molecule has 0 amide bonds. The maximum Gasteiger partial charge on any atom is 0.147 e. The zero-order valence-corrected chi connectivity index (χ0v) is 11.3. The summed E-state index contributed by atoms with van der Waals surface area (Å²) in [6.07, 6.45) is 5.44. The second kappa shape index (κ2) is 5.73. The highest BCUT2D eigenvalue weighted by Gasteiger charge is 2.08. The first-order chi connectivity index (χ1) is 8.74. The number of rotatable bonds is 5. The predicted molar refractivity (Wildman–Crippen MR) is 73.6 cm³/mol. The highest BCUT2D eigenvalue weighted by Crippen LogP contribution is 2.28. The van der Waals surface area contributed by atoms with E-state index < -0.39 is 0 Å². The average Bonchev–Trinajstić information content (AvgIpc) is 2.82. The van der Waals surface area contributed by atoms with Crippen molar-refractivity contribution in [2.24, 2.45) is 0 Å². The van der Waals surface area contributed by atoms with Crippen LogP contribution in [0.4, 0.5) is 0 Å². The third-order valence-electron chi connectivity index (χ3n) is 2.38. The van der Waals surface area contributed by atoms with E-state index in [1.807, 2.05) is 31.4 Å². The molecule has 0 aliphatic rings. The topological polar surface area (TPSA) is 39.9 Å². The van der Waals surface area contributed by atoms with Crippen LogP contribution < -0.4 is 4.74 Å². The van der Waals surface area contributed by atoms with Gasteiger partial charge >= 0.3 is 0 Å². The van der Waals surface area contributed by atoms with Crippen molar-refractivity contribution >= 4 is 11.8 Å². The summed E-state index contributed by atoms with van der Waals surface area (Å²) >= 11 is 1.67. The van der Waals surface area contributed by atoms with E-state index in [1.165, 1.54) is 0 Å². The van der Waals surface area contributed by atoms with E-state index in [0.717, 1.165) is 22.2 Å². The molecular weight excluding hydrogens is 246 g/mol. The largest absolute Gasteiger partial charge is 0.487 e. The van der Waals surface area contributed by atoms with Gasteiger partial charge in [-0.25, -0.2) is 9.67 Å². The van der Waals surface area contributed by atoms with Crippen LogP contribution in [0, 0.1) is 6.92 Å². The fraction of sp³-hybridized carbons (Fsp3) is 0.231. The number of hydrogen-bond acceptors (Lipinski definition) is 4. The van der Waals surface area contributed by atoms with Gasteiger partial charge in [0.1, 0.15) is 30.2 Å². The Morgan fingerprint density at radius 1 is 1.50 bits per heavy atom. The van der Waals surface area contributed by atoms with Crippen LogP contribution in [0.5, 0.6) is 5.75 Å². The second-order valence-electron chi connectivity index (χ2n) is 3.67. The minimum Gasteiger partial charge on any atom is -0.487 e. The first-order valence-corrected chi connectivity index (χ1v) is 6.77. The summed E-state index contributed by atoms with van der Waals surface area (Å²) in [5.74, 6) is 1.52. The van der Waals surface area contributed by atoms with Gasteiger partial charge in [0.2, 0.25) is 0 Å². The van der Waals surface area contributed by atoms with Crippen molar-refractivity contribution in [1.29, 1.82) is 0 Å². The Morgan fingerprint density at radius 2 is 2.33 bits per heavy atom. The average molecular weight is 261 g/mol. The highest BCUT2D eigenvalue weighted by molar-refractivity contribution is 7.98. The fourth-order valence-electron chi connectivity index (χ4n) is 1.54. The van der Waals surface area contributed by atoms with Crippen LogP contribution in [0.1, 0.15) is 5.82 Å². The molecule has 0 N–H and O–H groups in total. The van der Waals surface area contributed by atoms with Gasteiger partial charge in [-0.1, -0.05) is 12.7 Å². The molecule has 18 heavy (non-hydrogen) atoms. The summed E-state index contributed by atoms with van der Waals surface area (Å²) in [6, 6.07) is 6.02. The monoisotopic (exact) mass is 261 g/mol. The number of aryl methyl sites for hydroxylation is 1. The van der Waals surface area contributed by atoms with E-state index in [9.17, 15) is 0 Å². The van der Waals surface area contributed by atoms with E-state index in [0.29, 0.717) is 6.61 Å². The Balaban J connectivity index is 2.41. The summed E-state index contributed by atoms with van der Waals surface area (Å²) in [5.41, 5.74) is 0.884. The molecule has 0 bridgehead atoms. The van der Waals surface area contributed by atoms with Crippen molar-refractivity contribution in [2.45, 2.75) is 11.8 Å². The SMILES string of the molecule is C=CCOc1cc(SC)ccc1-n1cnc(C)n1. The van der Waals surface area contributed by atoms with Crippen LogP contribution in [0.3, 0.4) is 0 Å². The summed E-state index contributed by atoms with van der Waals surface area (Å²) in [5, 5.41) is 4.30. The van der Waals surface area contributed by atoms with Gasteiger partial charge in [0.05, 0.1) is 0 Å². The third kappa shape index (κ3) is 2.73. The number of nitrogens with zero attached hydrogens (tertiary/aromatic N) is 3. The maximum atomic E-state index is 5.67. The van der Waals surface area contributed by atoms with Gasteiger partial charge in [0.25, 0.3) is 0 Å². The van der Waals surface area contributed by atoms with Crippen LogP contribution in [0.15, 0.2) is 42.1 Å². The molecule has 2 aromatic rings. The lowest BCUT2D eigenvalue weighted by Crippen LogP contribution is -2.02. The summed E-state index contributed by atoms with van der Waals surface area (Å²) in [4.78, 5) is 5.28. The minimum absolute atomic E-state index is 0.471. The number of benzene rings is 1. The Labute approximate surface area is 111 Å². The third-order valence-corrected chi connectivity index (χ3v) is 3.10. The molecule has 0 aliphatic heterocycles. The van der Waals surface area contributed by atoms with E-state index >= 15 is 0 Å². The molecule has 2 rings (SSSR count). The molecule has 94 valence electrons. The van der Waals surface area contributed by atoms with Gasteiger partial charge in [-0.3, -0.25) is 0 Å². The quantitative estimate of drug-likeness (QED) is 0.613. The number of aromatic nitrogens is 3. The van der Waals surface area contributed by atoms with Crippen molar-refractivity contribution in [1.82, 2.24) is 14.8 Å². The van der Waals surface area contributed by atoms with Crippen LogP contribution in [0.2, 0.25) is 0 Å². The molecule has 0 spiro atoms. The first-order valence-electron chi connectivity index (χ1n) is 5.55. The molecular formula is C13H15N3OS. The van der Waals surface area contributed by atoms with E-state index in [4.69, 9.17) is 4.74 Å². The van der Waals surface area contributed by atoms with Crippen LogP contribution >= 0.6 is 11.8 Å². The molecule has 0 atom stereocenters. The van der Waals surface area contributed by atoms with Crippen LogP contribution in [0.25, 0.3) is 5.69 Å². The molecule has 0 saturated heterocycles. The van der Waals surface area contributed by atoms with Crippen LogP contribution in [-0.2, 0) is 0 Å². The Hall–Kier alpha value is -1.75. The second-order valence-corrected chi connectivity index (χ2v) is 4.55. The lowest BCUT2D eigenvalue weighted by atomic mass is 10.3. The molecule has 1 aromatic carbocycles. The van der Waals surface area contributed by atoms with E-state index in [1.54, 1.807) is 28.8 Å². The van der Waals surface area contributed by atoms with Crippen molar-refractivity contribution in [2.75, 3.05) is 12.9 Å². The number of ether oxygens (including phenoxy) is 1. The van der Waals surface area contributed by atoms with Gasteiger partial charge < -0.3 is 4.74 Å². The highest BCUT2D eigenvalue weighted by atomic mass is 32.2. The van der Waals surface area contributed by atoms with Crippen molar-refractivity contribution in [3.05, 3.63) is 43.0 Å². The number of thioether (sulfide) groups is 1. The maximum absolute atomic E-state index is 5.67. The molecule has 5 heteroatoms. The summed E-state index contributed by atoms with van der Waals surface area (Å²) < 4.78 is 7.39. The molecule has 4 nitrogen and oxygen atoms in total. The lowest BCUT2D eigenvalue weighted by Gasteiger charge is -2.11. The van der Waals surface area contributed by atoms with Crippen LogP contribution in [-0.4, -0.2) is 27.6 Å². The van der Waals surface area contributed by atoms with Crippen molar-refractivity contribution < 1.29 is 4.74 Å². The molecule has 1 heterocycles. The van der Waals surface area contributed by atoms with Gasteiger partial charge in [-0.15, -0.1) is 11.8 Å². The van der Waals surface area contributed by atoms with Crippen molar-refractivity contribution in [3.8, 4) is 11.4 Å². The summed E-state index contributed by atoms with van der Waals surface area (Å²) in [7, 11) is 0.